The summed E-state index contributed by atoms with van der Waals surface area (Å²) in [5.74, 6) is 2.96. The number of hydrogen-bond donors (Lipinski definition) is 0. The number of amides is 1. The van der Waals surface area contributed by atoms with E-state index in [0.717, 1.165) is 39.1 Å². The van der Waals surface area contributed by atoms with Gasteiger partial charge in [0.25, 0.3) is 5.91 Å². The summed E-state index contributed by atoms with van der Waals surface area (Å²) in [5, 5.41) is 2.72. The van der Waals surface area contributed by atoms with Crippen molar-refractivity contribution in [2.24, 2.45) is 0 Å². The summed E-state index contributed by atoms with van der Waals surface area (Å²) in [7, 11) is 3.30. The molecule has 0 N–H and O–H groups in total. The number of aromatic nitrogens is 1. The molecule has 2 aliphatic rings. The molecule has 1 amide bonds. The number of morpholine rings is 1. The van der Waals surface area contributed by atoms with Gasteiger partial charge in [-0.15, -0.1) is 11.3 Å². The van der Waals surface area contributed by atoms with Gasteiger partial charge in [-0.3, -0.25) is 9.69 Å². The van der Waals surface area contributed by atoms with Gasteiger partial charge in [-0.25, -0.2) is 4.98 Å². The first-order valence-electron chi connectivity index (χ1n) is 11.8. The predicted molar refractivity (Wildman–Crippen MR) is 134 cm³/mol. The van der Waals surface area contributed by atoms with Crippen molar-refractivity contribution in [1.82, 2.24) is 14.8 Å². The molecule has 5 rings (SSSR count). The summed E-state index contributed by atoms with van der Waals surface area (Å²) in [6.45, 7) is 4.41. The van der Waals surface area contributed by atoms with Gasteiger partial charge < -0.3 is 28.6 Å². The minimum absolute atomic E-state index is 0.0417. The number of ether oxygens (including phenoxy) is 5. The first-order chi connectivity index (χ1) is 17.6. The molecule has 1 saturated heterocycles. The van der Waals surface area contributed by atoms with Crippen molar-refractivity contribution in [2.75, 3.05) is 47.3 Å². The normalized spacial score (nSPS) is 14.8. The summed E-state index contributed by atoms with van der Waals surface area (Å²) in [5.41, 5.74) is 2.61. The highest BCUT2D eigenvalue weighted by Crippen LogP contribution is 2.33. The van der Waals surface area contributed by atoms with Crippen molar-refractivity contribution in [3.63, 3.8) is 0 Å². The second kappa shape index (κ2) is 11.2. The van der Waals surface area contributed by atoms with Crippen LogP contribution in [0.5, 0.6) is 23.0 Å². The van der Waals surface area contributed by atoms with Crippen LogP contribution in [0.4, 0.5) is 0 Å². The average molecular weight is 512 g/mol. The third-order valence-electron chi connectivity index (χ3n) is 6.16. The lowest BCUT2D eigenvalue weighted by atomic mass is 10.1. The highest BCUT2D eigenvalue weighted by molar-refractivity contribution is 7.09. The molecule has 36 heavy (non-hydrogen) atoms. The molecule has 0 radical (unpaired) electrons. The maximum atomic E-state index is 12.9. The van der Waals surface area contributed by atoms with E-state index in [2.05, 4.69) is 9.88 Å². The summed E-state index contributed by atoms with van der Waals surface area (Å²) >= 11 is 1.50. The Balaban J connectivity index is 1.36. The average Bonchev–Trinajstić information content (AvgIpc) is 3.58. The smallest absolute Gasteiger partial charge is 0.273 e. The van der Waals surface area contributed by atoms with E-state index in [1.165, 1.54) is 11.3 Å². The molecule has 2 aliphatic heterocycles. The van der Waals surface area contributed by atoms with Crippen LogP contribution in [0.15, 0.2) is 41.8 Å². The predicted octanol–water partition coefficient (Wildman–Crippen LogP) is 3.56. The summed E-state index contributed by atoms with van der Waals surface area (Å²) < 4.78 is 27.4. The largest absolute Gasteiger partial charge is 0.497 e. The number of nitrogens with zero attached hydrogens (tertiary/aromatic N) is 3. The molecule has 0 aliphatic carbocycles. The zero-order valence-corrected chi connectivity index (χ0v) is 21.2. The zero-order valence-electron chi connectivity index (χ0n) is 20.4. The number of benzene rings is 2. The number of thiazole rings is 1. The van der Waals surface area contributed by atoms with Crippen molar-refractivity contribution in [1.29, 1.82) is 0 Å². The van der Waals surface area contributed by atoms with Crippen LogP contribution in [0.3, 0.4) is 0 Å². The molecule has 0 saturated carbocycles. The summed E-state index contributed by atoms with van der Waals surface area (Å²) in [6.07, 6.45) is 0. The fourth-order valence-electron chi connectivity index (χ4n) is 4.29. The van der Waals surface area contributed by atoms with Crippen LogP contribution in [0.2, 0.25) is 0 Å². The van der Waals surface area contributed by atoms with Crippen LogP contribution in [-0.4, -0.2) is 68.0 Å². The van der Waals surface area contributed by atoms with Crippen molar-refractivity contribution >= 4 is 17.2 Å². The highest BCUT2D eigenvalue weighted by Gasteiger charge is 2.22. The molecule has 3 aromatic rings. The van der Waals surface area contributed by atoms with Crippen LogP contribution in [-0.2, 0) is 24.4 Å². The van der Waals surface area contributed by atoms with Crippen LogP contribution >= 0.6 is 11.3 Å². The Labute approximate surface area is 214 Å². The molecule has 9 nitrogen and oxygen atoms in total. The molecular weight excluding hydrogens is 482 g/mol. The molecule has 1 fully saturated rings. The monoisotopic (exact) mass is 511 g/mol. The second-order valence-electron chi connectivity index (χ2n) is 8.54. The van der Waals surface area contributed by atoms with E-state index in [1.807, 2.05) is 41.8 Å². The molecule has 2 aromatic carbocycles. The van der Waals surface area contributed by atoms with Gasteiger partial charge in [0.15, 0.2) is 11.5 Å². The highest BCUT2D eigenvalue weighted by atomic mass is 32.1. The molecule has 190 valence electrons. The van der Waals surface area contributed by atoms with Gasteiger partial charge in [-0.05, 0) is 23.8 Å². The van der Waals surface area contributed by atoms with Gasteiger partial charge in [0.2, 0.25) is 6.79 Å². The maximum absolute atomic E-state index is 12.9. The second-order valence-corrected chi connectivity index (χ2v) is 9.48. The standard InChI is InChI=1S/C26H29N3O6S/c1-31-20-5-4-19(23(12-20)32-2)14-28(13-18-3-6-22-24(11-18)35-17-34-22)15-25-27-21(16-36-25)26(30)29-7-9-33-10-8-29/h3-6,11-12,16H,7-10,13-15,17H2,1-2H3. The lowest BCUT2D eigenvalue weighted by Gasteiger charge is -2.26. The van der Waals surface area contributed by atoms with Crippen molar-refractivity contribution in [3.05, 3.63) is 63.6 Å². The Kier molecular flexibility index (Phi) is 7.55. The number of fused-ring (bicyclic) bond motifs is 1. The minimum Gasteiger partial charge on any atom is -0.497 e. The quantitative estimate of drug-likeness (QED) is 0.431. The van der Waals surface area contributed by atoms with E-state index in [1.54, 1.807) is 19.1 Å². The molecule has 0 unspecified atom stereocenters. The van der Waals surface area contributed by atoms with Gasteiger partial charge in [0, 0.05) is 43.2 Å². The number of carbonyl (C=O) groups is 1. The molecular formula is C26H29N3O6S. The lowest BCUT2D eigenvalue weighted by Crippen LogP contribution is -2.40. The van der Waals surface area contributed by atoms with Gasteiger partial charge in [-0.2, -0.15) is 0 Å². The van der Waals surface area contributed by atoms with Gasteiger partial charge >= 0.3 is 0 Å². The number of hydrogen-bond acceptors (Lipinski definition) is 9. The van der Waals surface area contributed by atoms with Crippen LogP contribution in [0.1, 0.15) is 26.6 Å². The van der Waals surface area contributed by atoms with E-state index >= 15 is 0 Å². The Morgan fingerprint density at radius 2 is 1.86 bits per heavy atom. The number of rotatable bonds is 9. The van der Waals surface area contributed by atoms with Crippen LogP contribution < -0.4 is 18.9 Å². The summed E-state index contributed by atoms with van der Waals surface area (Å²) in [4.78, 5) is 21.6. The third kappa shape index (κ3) is 5.56. The fourth-order valence-corrected chi connectivity index (χ4v) is 5.10. The van der Waals surface area contributed by atoms with Crippen LogP contribution in [0.25, 0.3) is 0 Å². The molecule has 0 spiro atoms. The molecule has 0 bridgehead atoms. The van der Waals surface area contributed by atoms with Crippen molar-refractivity contribution in [3.8, 4) is 23.0 Å². The first-order valence-corrected chi connectivity index (χ1v) is 12.6. The van der Waals surface area contributed by atoms with Crippen molar-refractivity contribution < 1.29 is 28.5 Å². The molecule has 1 aromatic heterocycles. The molecule has 0 atom stereocenters. The Morgan fingerprint density at radius 1 is 1.03 bits per heavy atom. The molecule has 10 heteroatoms. The summed E-state index contributed by atoms with van der Waals surface area (Å²) in [6, 6.07) is 11.8. The van der Waals surface area contributed by atoms with Crippen molar-refractivity contribution in [2.45, 2.75) is 19.6 Å². The maximum Gasteiger partial charge on any atom is 0.273 e. The fraction of sp³-hybridized carbons (Fsp3) is 0.385. The Morgan fingerprint density at radius 3 is 2.67 bits per heavy atom. The number of carbonyl (C=O) groups excluding carboxylic acids is 1. The van der Waals surface area contributed by atoms with E-state index in [0.29, 0.717) is 51.6 Å². The van der Waals surface area contributed by atoms with Gasteiger partial charge in [-0.1, -0.05) is 12.1 Å². The number of methoxy groups -OCH3 is 2. The Bertz CT molecular complexity index is 1210. The third-order valence-corrected chi connectivity index (χ3v) is 6.99. The van der Waals surface area contributed by atoms with E-state index < -0.39 is 0 Å². The topological polar surface area (TPSA) is 82.6 Å². The van der Waals surface area contributed by atoms with E-state index in [9.17, 15) is 4.79 Å². The van der Waals surface area contributed by atoms with E-state index in [4.69, 9.17) is 23.7 Å². The Hall–Kier alpha value is -3.34. The zero-order chi connectivity index (χ0) is 24.9. The lowest BCUT2D eigenvalue weighted by molar-refractivity contribution is 0.0299. The van der Waals surface area contributed by atoms with Gasteiger partial charge in [0.05, 0.1) is 34.0 Å². The van der Waals surface area contributed by atoms with Crippen LogP contribution in [0, 0.1) is 0 Å². The van der Waals surface area contributed by atoms with Gasteiger partial charge in [0.1, 0.15) is 22.2 Å². The SMILES string of the molecule is COc1ccc(CN(Cc2ccc3c(c2)OCO3)Cc2nc(C(=O)N3CCOCC3)cs2)c(OC)c1. The first kappa shape index (κ1) is 24.4. The minimum atomic E-state index is -0.0417. The molecule has 3 heterocycles. The van der Waals surface area contributed by atoms with E-state index in [-0.39, 0.29) is 12.7 Å².